The quantitative estimate of drug-likeness (QED) is 0.517. The summed E-state index contributed by atoms with van der Waals surface area (Å²) in [6, 6.07) is 4.19. The molecule has 11 heteroatoms. The average molecular weight is 289 g/mol. The molecule has 0 N–H and O–H groups in total. The largest absolute Gasteiger partial charge is 0.493 e. The monoisotopic (exact) mass is 289 g/mol. The van der Waals surface area contributed by atoms with E-state index in [1.807, 2.05) is 0 Å². The topological polar surface area (TPSA) is 135 Å². The lowest BCUT2D eigenvalue weighted by Crippen LogP contribution is -2.04. The van der Waals surface area contributed by atoms with Crippen LogP contribution in [0.1, 0.15) is 0 Å². The first kappa shape index (κ1) is 12.7. The Hall–Kier alpha value is -3.37. The number of nitrogens with zero attached hydrogens (tertiary/aromatic N) is 7. The molecule has 0 bridgehead atoms. The van der Waals surface area contributed by atoms with Crippen LogP contribution in [-0.2, 0) is 7.05 Å². The zero-order valence-electron chi connectivity index (χ0n) is 10.6. The molecule has 3 aromatic rings. The highest BCUT2D eigenvalue weighted by atomic mass is 16.6. The highest BCUT2D eigenvalue weighted by Gasteiger charge is 2.21. The number of hydrogen-bond acceptors (Lipinski definition) is 7. The van der Waals surface area contributed by atoms with Gasteiger partial charge in [-0.1, -0.05) is 0 Å². The second kappa shape index (κ2) is 4.33. The third-order valence-electron chi connectivity index (χ3n) is 2.80. The number of nitro benzene ring substituents is 1. The number of aromatic nitrogens is 5. The number of aryl methyl sites for hydroxylation is 1. The van der Waals surface area contributed by atoms with Gasteiger partial charge in [0.1, 0.15) is 0 Å². The minimum Gasteiger partial charge on any atom is -0.390 e. The SMILES string of the molecule is Cn1nc([N+](=O)[O-])nc1-n1cc2cc([N+](=O)[O-])ccc2n1. The third-order valence-corrected chi connectivity index (χ3v) is 2.80. The van der Waals surface area contributed by atoms with Crippen LogP contribution in [0.25, 0.3) is 16.9 Å². The molecule has 2 heterocycles. The summed E-state index contributed by atoms with van der Waals surface area (Å²) in [4.78, 5) is 23.9. The van der Waals surface area contributed by atoms with Crippen molar-refractivity contribution < 1.29 is 9.85 Å². The Bertz CT molecular complexity index is 881. The molecule has 0 aliphatic rings. The van der Waals surface area contributed by atoms with E-state index < -0.39 is 15.8 Å². The molecule has 0 saturated carbocycles. The van der Waals surface area contributed by atoms with Crippen LogP contribution in [0.15, 0.2) is 24.4 Å². The van der Waals surface area contributed by atoms with E-state index in [9.17, 15) is 20.2 Å². The van der Waals surface area contributed by atoms with E-state index in [2.05, 4.69) is 15.2 Å². The maximum Gasteiger partial charge on any atom is 0.493 e. The predicted molar refractivity (Wildman–Crippen MR) is 68.9 cm³/mol. The second-order valence-corrected chi connectivity index (χ2v) is 4.17. The maximum atomic E-state index is 10.7. The number of non-ortho nitro benzene ring substituents is 1. The molecule has 0 aliphatic heterocycles. The minimum absolute atomic E-state index is 0.0639. The maximum absolute atomic E-state index is 10.7. The van der Waals surface area contributed by atoms with Crippen LogP contribution in [0.3, 0.4) is 0 Å². The fourth-order valence-electron chi connectivity index (χ4n) is 1.87. The molecule has 2 aromatic heterocycles. The summed E-state index contributed by atoms with van der Waals surface area (Å²) in [5.41, 5.74) is 0.442. The van der Waals surface area contributed by atoms with Gasteiger partial charge >= 0.3 is 11.9 Å². The van der Waals surface area contributed by atoms with Crippen LogP contribution in [0.2, 0.25) is 0 Å². The molecule has 0 fully saturated rings. The zero-order chi connectivity index (χ0) is 15.1. The Morgan fingerprint density at radius 2 is 1.90 bits per heavy atom. The highest BCUT2D eigenvalue weighted by molar-refractivity contribution is 5.80. The van der Waals surface area contributed by atoms with Crippen molar-refractivity contribution in [3.05, 3.63) is 44.6 Å². The van der Waals surface area contributed by atoms with Crippen molar-refractivity contribution in [1.82, 2.24) is 24.5 Å². The van der Waals surface area contributed by atoms with Crippen molar-refractivity contribution in [2.24, 2.45) is 7.05 Å². The van der Waals surface area contributed by atoms with Gasteiger partial charge in [0.2, 0.25) is 0 Å². The summed E-state index contributed by atoms with van der Waals surface area (Å²) in [6.07, 6.45) is 1.50. The van der Waals surface area contributed by atoms with Crippen LogP contribution >= 0.6 is 0 Å². The summed E-state index contributed by atoms with van der Waals surface area (Å²) in [5, 5.41) is 29.7. The van der Waals surface area contributed by atoms with Gasteiger partial charge in [0.25, 0.3) is 5.69 Å². The fourth-order valence-corrected chi connectivity index (χ4v) is 1.87. The Morgan fingerprint density at radius 3 is 2.52 bits per heavy atom. The van der Waals surface area contributed by atoms with Crippen molar-refractivity contribution in [1.29, 1.82) is 0 Å². The summed E-state index contributed by atoms with van der Waals surface area (Å²) >= 11 is 0. The molecule has 0 unspecified atom stereocenters. The molecule has 1 aromatic carbocycles. The Balaban J connectivity index is 2.13. The first-order chi connectivity index (χ1) is 9.95. The fraction of sp³-hybridized carbons (Fsp3) is 0.100. The summed E-state index contributed by atoms with van der Waals surface area (Å²) in [7, 11) is 1.49. The summed E-state index contributed by atoms with van der Waals surface area (Å²) in [5.74, 6) is -0.404. The third kappa shape index (κ3) is 2.05. The van der Waals surface area contributed by atoms with Crippen LogP contribution < -0.4 is 0 Å². The molecule has 0 atom stereocenters. The number of nitro groups is 2. The lowest BCUT2D eigenvalue weighted by Gasteiger charge is -1.91. The van der Waals surface area contributed by atoms with E-state index in [1.165, 1.54) is 40.8 Å². The Morgan fingerprint density at radius 1 is 1.14 bits per heavy atom. The Kier molecular flexibility index (Phi) is 2.61. The molecular weight excluding hydrogens is 282 g/mol. The predicted octanol–water partition coefficient (Wildman–Crippen LogP) is 0.970. The molecule has 0 aliphatic carbocycles. The first-order valence-electron chi connectivity index (χ1n) is 5.65. The highest BCUT2D eigenvalue weighted by Crippen LogP contribution is 2.21. The van der Waals surface area contributed by atoms with E-state index in [4.69, 9.17) is 0 Å². The van der Waals surface area contributed by atoms with Crippen LogP contribution in [0, 0.1) is 20.2 Å². The number of fused-ring (bicyclic) bond motifs is 1. The van der Waals surface area contributed by atoms with Crippen LogP contribution in [0.4, 0.5) is 11.6 Å². The molecule has 0 amide bonds. The second-order valence-electron chi connectivity index (χ2n) is 4.17. The standard InChI is InChI=1S/C10H7N7O4/c1-14-10(11-9(13-14)17(20)21)15-5-6-4-7(16(18)19)2-3-8(6)12-15/h2-5H,1H3. The van der Waals surface area contributed by atoms with Crippen molar-refractivity contribution >= 4 is 22.5 Å². The summed E-state index contributed by atoms with van der Waals surface area (Å²) < 4.78 is 2.49. The zero-order valence-corrected chi connectivity index (χ0v) is 10.6. The van der Waals surface area contributed by atoms with Gasteiger partial charge < -0.3 is 10.1 Å². The van der Waals surface area contributed by atoms with Crippen molar-refractivity contribution in [2.75, 3.05) is 0 Å². The lowest BCUT2D eigenvalue weighted by molar-refractivity contribution is -0.394. The lowest BCUT2D eigenvalue weighted by atomic mass is 10.2. The van der Waals surface area contributed by atoms with Gasteiger partial charge in [0.05, 0.1) is 10.4 Å². The normalized spacial score (nSPS) is 10.9. The first-order valence-corrected chi connectivity index (χ1v) is 5.65. The minimum atomic E-state index is -0.711. The van der Waals surface area contributed by atoms with E-state index in [0.29, 0.717) is 10.9 Å². The van der Waals surface area contributed by atoms with Crippen molar-refractivity contribution in [2.45, 2.75) is 0 Å². The van der Waals surface area contributed by atoms with E-state index in [1.54, 1.807) is 0 Å². The average Bonchev–Trinajstić information content (AvgIpc) is 3.00. The van der Waals surface area contributed by atoms with Gasteiger partial charge in [0.15, 0.2) is 0 Å². The molecule has 11 nitrogen and oxygen atoms in total. The molecule has 106 valence electrons. The Labute approximate surface area is 115 Å². The van der Waals surface area contributed by atoms with Crippen LogP contribution in [-0.4, -0.2) is 34.4 Å². The molecule has 3 rings (SSSR count). The van der Waals surface area contributed by atoms with Gasteiger partial charge in [-0.3, -0.25) is 10.1 Å². The van der Waals surface area contributed by atoms with E-state index in [0.717, 1.165) is 0 Å². The van der Waals surface area contributed by atoms with Gasteiger partial charge in [-0.05, 0) is 16.0 Å². The van der Waals surface area contributed by atoms with E-state index in [-0.39, 0.29) is 11.6 Å². The smallest absolute Gasteiger partial charge is 0.390 e. The molecular formula is C10H7N7O4. The van der Waals surface area contributed by atoms with Crippen molar-refractivity contribution in [3.8, 4) is 5.95 Å². The molecule has 0 saturated heterocycles. The number of rotatable bonds is 3. The number of hydrogen-bond donors (Lipinski definition) is 0. The van der Waals surface area contributed by atoms with E-state index >= 15 is 0 Å². The van der Waals surface area contributed by atoms with Gasteiger partial charge in [-0.2, -0.15) is 14.5 Å². The molecule has 21 heavy (non-hydrogen) atoms. The molecule has 0 radical (unpaired) electrons. The van der Waals surface area contributed by atoms with Gasteiger partial charge in [0, 0.05) is 35.9 Å². The van der Waals surface area contributed by atoms with Crippen LogP contribution in [0.5, 0.6) is 0 Å². The number of benzene rings is 1. The van der Waals surface area contributed by atoms with Gasteiger partial charge in [-0.15, -0.1) is 0 Å². The van der Waals surface area contributed by atoms with Crippen molar-refractivity contribution in [3.63, 3.8) is 0 Å². The van der Waals surface area contributed by atoms with Gasteiger partial charge in [-0.25, -0.2) is 0 Å². The molecule has 0 spiro atoms. The summed E-state index contributed by atoms with van der Waals surface area (Å²) in [6.45, 7) is 0.